The summed E-state index contributed by atoms with van der Waals surface area (Å²) in [5.41, 5.74) is 1.04. The van der Waals surface area contributed by atoms with Crippen LogP contribution < -0.4 is 10.6 Å². The zero-order valence-electron chi connectivity index (χ0n) is 13.1. The predicted octanol–water partition coefficient (Wildman–Crippen LogP) is 1.72. The molecule has 0 aliphatic heterocycles. The van der Waals surface area contributed by atoms with E-state index in [1.807, 2.05) is 13.8 Å². The number of aliphatic hydroxyl groups excluding tert-OH is 1. The Labute approximate surface area is 131 Å². The Bertz CT molecular complexity index is 523. The standard InChI is InChI=1S/C17H24N2O3/c1-3-11(2)15(20)10-18-16(21)12-4-6-13(7-5-12)17(22)19-14-8-9-14/h4-7,11,14-15,20H,3,8-10H2,1-2H3,(H,18,21)(H,19,22). The first kappa shape index (κ1) is 16.5. The van der Waals surface area contributed by atoms with Crippen LogP contribution in [0, 0.1) is 5.92 Å². The van der Waals surface area contributed by atoms with Crippen LogP contribution in [0.15, 0.2) is 24.3 Å². The van der Waals surface area contributed by atoms with Gasteiger partial charge in [0.05, 0.1) is 6.10 Å². The Balaban J connectivity index is 1.86. The summed E-state index contributed by atoms with van der Waals surface area (Å²) >= 11 is 0. The third-order valence-corrected chi connectivity index (χ3v) is 4.09. The second-order valence-corrected chi connectivity index (χ2v) is 5.99. The second kappa shape index (κ2) is 7.40. The number of benzene rings is 1. The van der Waals surface area contributed by atoms with Gasteiger partial charge in [-0.25, -0.2) is 0 Å². The van der Waals surface area contributed by atoms with Crippen LogP contribution in [0.25, 0.3) is 0 Å². The lowest BCUT2D eigenvalue weighted by molar-refractivity contribution is 0.0849. The fourth-order valence-electron chi connectivity index (χ4n) is 2.04. The van der Waals surface area contributed by atoms with Gasteiger partial charge in [-0.05, 0) is 43.0 Å². The third-order valence-electron chi connectivity index (χ3n) is 4.09. The number of nitrogens with one attached hydrogen (secondary N) is 2. The molecule has 5 nitrogen and oxygen atoms in total. The van der Waals surface area contributed by atoms with Gasteiger partial charge in [-0.2, -0.15) is 0 Å². The summed E-state index contributed by atoms with van der Waals surface area (Å²) in [5.74, 6) is -0.188. The number of hydrogen-bond acceptors (Lipinski definition) is 3. The number of carbonyl (C=O) groups excluding carboxylic acids is 2. The van der Waals surface area contributed by atoms with E-state index in [-0.39, 0.29) is 24.3 Å². The van der Waals surface area contributed by atoms with E-state index in [1.165, 1.54) is 0 Å². The van der Waals surface area contributed by atoms with Crippen LogP contribution in [0.1, 0.15) is 53.8 Å². The van der Waals surface area contributed by atoms with Gasteiger partial charge in [-0.1, -0.05) is 20.3 Å². The molecule has 0 heterocycles. The van der Waals surface area contributed by atoms with E-state index < -0.39 is 6.10 Å². The van der Waals surface area contributed by atoms with E-state index in [9.17, 15) is 14.7 Å². The van der Waals surface area contributed by atoms with Gasteiger partial charge >= 0.3 is 0 Å². The van der Waals surface area contributed by atoms with Crippen LogP contribution >= 0.6 is 0 Å². The molecule has 0 spiro atoms. The summed E-state index contributed by atoms with van der Waals surface area (Å²) in [6, 6.07) is 6.88. The van der Waals surface area contributed by atoms with Gasteiger partial charge in [0, 0.05) is 23.7 Å². The molecule has 2 atom stereocenters. The van der Waals surface area contributed by atoms with Gasteiger partial charge in [-0.3, -0.25) is 9.59 Å². The zero-order valence-corrected chi connectivity index (χ0v) is 13.1. The van der Waals surface area contributed by atoms with Gasteiger partial charge in [0.15, 0.2) is 0 Å². The summed E-state index contributed by atoms with van der Waals surface area (Å²) < 4.78 is 0. The van der Waals surface area contributed by atoms with Crippen molar-refractivity contribution in [3.63, 3.8) is 0 Å². The van der Waals surface area contributed by atoms with Crippen LogP contribution in [0.2, 0.25) is 0 Å². The predicted molar refractivity (Wildman–Crippen MR) is 84.7 cm³/mol. The molecule has 0 aromatic heterocycles. The minimum Gasteiger partial charge on any atom is -0.391 e. The molecule has 2 amide bonds. The molecular weight excluding hydrogens is 280 g/mol. The summed E-state index contributed by atoms with van der Waals surface area (Å²) in [5, 5.41) is 15.5. The average Bonchev–Trinajstić information content (AvgIpc) is 3.35. The quantitative estimate of drug-likeness (QED) is 0.717. The van der Waals surface area contributed by atoms with E-state index in [1.54, 1.807) is 24.3 Å². The summed E-state index contributed by atoms with van der Waals surface area (Å²) in [4.78, 5) is 23.9. The van der Waals surface area contributed by atoms with E-state index in [2.05, 4.69) is 10.6 Å². The first-order valence-electron chi connectivity index (χ1n) is 7.88. The molecule has 5 heteroatoms. The fraction of sp³-hybridized carbons (Fsp3) is 0.529. The maximum atomic E-state index is 12.0. The summed E-state index contributed by atoms with van der Waals surface area (Å²) in [7, 11) is 0. The van der Waals surface area contributed by atoms with E-state index in [4.69, 9.17) is 0 Å². The molecular formula is C17H24N2O3. The monoisotopic (exact) mass is 304 g/mol. The SMILES string of the molecule is CCC(C)C(O)CNC(=O)c1ccc(C(=O)NC2CC2)cc1. The highest BCUT2D eigenvalue weighted by Crippen LogP contribution is 2.19. The molecule has 1 aromatic carbocycles. The van der Waals surface area contributed by atoms with Crippen molar-refractivity contribution in [2.45, 2.75) is 45.3 Å². The Hall–Kier alpha value is -1.88. The normalized spacial score (nSPS) is 16.7. The van der Waals surface area contributed by atoms with Crippen LogP contribution in [-0.2, 0) is 0 Å². The van der Waals surface area contributed by atoms with Crippen molar-refractivity contribution >= 4 is 11.8 Å². The van der Waals surface area contributed by atoms with Crippen molar-refractivity contribution in [1.82, 2.24) is 10.6 Å². The smallest absolute Gasteiger partial charge is 0.251 e. The molecule has 22 heavy (non-hydrogen) atoms. The van der Waals surface area contributed by atoms with Gasteiger partial charge < -0.3 is 15.7 Å². The van der Waals surface area contributed by atoms with Gasteiger partial charge in [-0.15, -0.1) is 0 Å². The molecule has 3 N–H and O–H groups in total. The molecule has 1 fully saturated rings. The number of carbonyl (C=O) groups is 2. The van der Waals surface area contributed by atoms with Crippen molar-refractivity contribution in [3.8, 4) is 0 Å². The van der Waals surface area contributed by atoms with Crippen molar-refractivity contribution in [1.29, 1.82) is 0 Å². The minimum absolute atomic E-state index is 0.0957. The molecule has 0 bridgehead atoms. The summed E-state index contributed by atoms with van der Waals surface area (Å²) in [6.07, 6.45) is 2.41. The topological polar surface area (TPSA) is 78.4 Å². The number of aliphatic hydroxyl groups is 1. The van der Waals surface area contributed by atoms with Gasteiger partial charge in [0.1, 0.15) is 0 Å². The fourth-order valence-corrected chi connectivity index (χ4v) is 2.04. The third kappa shape index (κ3) is 4.56. The average molecular weight is 304 g/mol. The highest BCUT2D eigenvalue weighted by atomic mass is 16.3. The van der Waals surface area contributed by atoms with Crippen LogP contribution in [-0.4, -0.2) is 35.6 Å². The number of rotatable bonds is 7. The van der Waals surface area contributed by atoms with Gasteiger partial charge in [0.2, 0.25) is 0 Å². The minimum atomic E-state index is -0.544. The molecule has 1 aromatic rings. The lowest BCUT2D eigenvalue weighted by atomic mass is 10.0. The zero-order chi connectivity index (χ0) is 16.1. The van der Waals surface area contributed by atoms with Crippen molar-refractivity contribution in [3.05, 3.63) is 35.4 Å². The number of hydrogen-bond donors (Lipinski definition) is 3. The number of amides is 2. The van der Waals surface area contributed by atoms with E-state index in [0.29, 0.717) is 17.2 Å². The van der Waals surface area contributed by atoms with E-state index in [0.717, 1.165) is 19.3 Å². The first-order valence-corrected chi connectivity index (χ1v) is 7.88. The molecule has 0 saturated heterocycles. The van der Waals surface area contributed by atoms with Crippen LogP contribution in [0.3, 0.4) is 0 Å². The van der Waals surface area contributed by atoms with Crippen molar-refractivity contribution < 1.29 is 14.7 Å². The molecule has 1 aliphatic rings. The van der Waals surface area contributed by atoms with Crippen LogP contribution in [0.4, 0.5) is 0 Å². The lowest BCUT2D eigenvalue weighted by Gasteiger charge is -2.17. The highest BCUT2D eigenvalue weighted by molar-refractivity contribution is 5.98. The summed E-state index contributed by atoms with van der Waals surface area (Å²) in [6.45, 7) is 4.18. The molecule has 1 saturated carbocycles. The molecule has 120 valence electrons. The van der Waals surface area contributed by atoms with Crippen LogP contribution in [0.5, 0.6) is 0 Å². The van der Waals surface area contributed by atoms with E-state index >= 15 is 0 Å². The van der Waals surface area contributed by atoms with Crippen molar-refractivity contribution in [2.24, 2.45) is 5.92 Å². The maximum absolute atomic E-state index is 12.0. The maximum Gasteiger partial charge on any atom is 0.251 e. The molecule has 2 rings (SSSR count). The first-order chi connectivity index (χ1) is 10.5. The Morgan fingerprint density at radius 3 is 2.23 bits per heavy atom. The highest BCUT2D eigenvalue weighted by Gasteiger charge is 2.23. The molecule has 0 radical (unpaired) electrons. The second-order valence-electron chi connectivity index (χ2n) is 5.99. The molecule has 1 aliphatic carbocycles. The largest absolute Gasteiger partial charge is 0.391 e. The lowest BCUT2D eigenvalue weighted by Crippen LogP contribution is -2.35. The Morgan fingerprint density at radius 1 is 1.18 bits per heavy atom. The Kier molecular flexibility index (Phi) is 5.55. The van der Waals surface area contributed by atoms with Gasteiger partial charge in [0.25, 0.3) is 11.8 Å². The van der Waals surface area contributed by atoms with Crippen molar-refractivity contribution in [2.75, 3.05) is 6.54 Å². The Morgan fingerprint density at radius 2 is 1.73 bits per heavy atom. The molecule has 2 unspecified atom stereocenters.